The summed E-state index contributed by atoms with van der Waals surface area (Å²) >= 11 is 0. The fourth-order valence-electron chi connectivity index (χ4n) is 4.18. The number of pyridine rings is 1. The summed E-state index contributed by atoms with van der Waals surface area (Å²) in [4.78, 5) is 18.1. The largest absolute Gasteiger partial charge is 0.381 e. The van der Waals surface area contributed by atoms with Gasteiger partial charge in [0.15, 0.2) is 5.56 Å². The number of nitrogens with zero attached hydrogens (tertiary/aromatic N) is 1. The molecule has 10 heteroatoms. The average molecular weight is 445 g/mol. The van der Waals surface area contributed by atoms with Gasteiger partial charge in [0, 0.05) is 36.6 Å². The molecule has 4 atom stereocenters. The van der Waals surface area contributed by atoms with E-state index in [1.54, 1.807) is 6.07 Å². The molecule has 5 N–H and O–H groups in total. The van der Waals surface area contributed by atoms with Gasteiger partial charge in [-0.15, -0.1) is 0 Å². The van der Waals surface area contributed by atoms with E-state index in [4.69, 9.17) is 10.5 Å². The Morgan fingerprint density at radius 3 is 3.03 bits per heavy atom. The smallest absolute Gasteiger partial charge is 0.285 e. The molecule has 1 aliphatic heterocycles. The van der Waals surface area contributed by atoms with Crippen molar-refractivity contribution in [2.45, 2.75) is 23.8 Å². The van der Waals surface area contributed by atoms with Crippen molar-refractivity contribution in [3.05, 3.63) is 52.2 Å². The van der Waals surface area contributed by atoms with Gasteiger partial charge in [-0.05, 0) is 31.0 Å². The van der Waals surface area contributed by atoms with Gasteiger partial charge in [0.2, 0.25) is 0 Å². The molecule has 162 valence electrons. The molecule has 3 unspecified atom stereocenters. The van der Waals surface area contributed by atoms with Crippen LogP contribution in [0.4, 0.5) is 15.8 Å². The normalized spacial score (nSPS) is 26.3. The van der Waals surface area contributed by atoms with Gasteiger partial charge in [-0.25, -0.2) is 9.38 Å². The van der Waals surface area contributed by atoms with Gasteiger partial charge in [0.05, 0.1) is 40.0 Å². The zero-order chi connectivity index (χ0) is 22.2. The van der Waals surface area contributed by atoms with Crippen LogP contribution in [0.5, 0.6) is 0 Å². The number of rotatable bonds is 5. The highest BCUT2D eigenvalue weighted by atomic mass is 32.2. The van der Waals surface area contributed by atoms with Crippen molar-refractivity contribution in [2.75, 3.05) is 24.8 Å². The molecule has 1 aromatic carbocycles. The second kappa shape index (κ2) is 8.24. The molecule has 4 rings (SSSR count). The van der Waals surface area contributed by atoms with E-state index in [2.05, 4.69) is 21.4 Å². The topological polar surface area (TPSA) is 135 Å². The van der Waals surface area contributed by atoms with Gasteiger partial charge in [0.25, 0.3) is 11.4 Å². The number of hydrogen-bond acceptors (Lipinski definition) is 5. The van der Waals surface area contributed by atoms with Gasteiger partial charge in [-0.2, -0.15) is 5.26 Å². The summed E-state index contributed by atoms with van der Waals surface area (Å²) in [7, 11) is -1.51. The standard InChI is InChI=1S/C21H22FN5O3S/c1-31(29)16-8-13(2-3-14(16)22)26-19(24)18-15(4-6-25-20(18)28)27-17-9-21(17)11-30-7-5-12(21)10-23/h2-4,6,8,12,17H,5,7,9,11H2,1H3,(H2,24,26)(H2,25,27,28)/p+1/t12-,17?,21?,31?/m1/s1. The Balaban J connectivity index is 1.64. The fraction of sp³-hybridized carbons (Fsp3) is 0.381. The molecule has 0 radical (unpaired) electrons. The number of benzene rings is 1. The van der Waals surface area contributed by atoms with E-state index in [9.17, 15) is 18.7 Å². The second-order valence-corrected chi connectivity index (χ2v) is 9.24. The Morgan fingerprint density at radius 2 is 2.29 bits per heavy atom. The summed E-state index contributed by atoms with van der Waals surface area (Å²) in [6.45, 7) is 1.08. The van der Waals surface area contributed by atoms with Gasteiger partial charge in [0.1, 0.15) is 11.5 Å². The summed E-state index contributed by atoms with van der Waals surface area (Å²) in [5.74, 6) is -0.614. The highest BCUT2D eigenvalue weighted by Crippen LogP contribution is 2.56. The van der Waals surface area contributed by atoms with Crippen molar-refractivity contribution in [2.24, 2.45) is 17.1 Å². The lowest BCUT2D eigenvalue weighted by Crippen LogP contribution is -2.70. The zero-order valence-corrected chi connectivity index (χ0v) is 17.7. The highest BCUT2D eigenvalue weighted by Gasteiger charge is 2.61. The Labute approximate surface area is 180 Å². The molecule has 1 spiro atoms. The van der Waals surface area contributed by atoms with Crippen LogP contribution in [0.25, 0.3) is 0 Å². The van der Waals surface area contributed by atoms with E-state index in [1.807, 2.05) is 0 Å². The maximum atomic E-state index is 13.8. The number of hydrogen-bond donors (Lipinski definition) is 4. The van der Waals surface area contributed by atoms with Crippen LogP contribution in [-0.2, 0) is 15.5 Å². The van der Waals surface area contributed by atoms with Crippen LogP contribution in [0.15, 0.2) is 40.2 Å². The summed E-state index contributed by atoms with van der Waals surface area (Å²) in [5, 5.41) is 12.9. The predicted molar refractivity (Wildman–Crippen MR) is 114 cm³/mol. The van der Waals surface area contributed by atoms with E-state index in [0.29, 0.717) is 31.0 Å². The van der Waals surface area contributed by atoms with E-state index in [-0.39, 0.29) is 33.7 Å². The lowest BCUT2D eigenvalue weighted by Gasteiger charge is -2.28. The van der Waals surface area contributed by atoms with Crippen molar-refractivity contribution in [3.63, 3.8) is 0 Å². The molecule has 0 bridgehead atoms. The average Bonchev–Trinajstić information content (AvgIpc) is 3.41. The molecule has 2 heterocycles. The van der Waals surface area contributed by atoms with Crippen LogP contribution in [-0.4, -0.2) is 40.5 Å². The predicted octanol–water partition coefficient (Wildman–Crippen LogP) is 0.0997. The lowest BCUT2D eigenvalue weighted by atomic mass is 9.86. The van der Waals surface area contributed by atoms with E-state index in [1.165, 1.54) is 30.7 Å². The van der Waals surface area contributed by atoms with E-state index in [0.717, 1.165) is 6.42 Å². The molecule has 2 fully saturated rings. The number of ether oxygens (including phenoxy) is 1. The van der Waals surface area contributed by atoms with Crippen LogP contribution in [0, 0.1) is 28.5 Å². The summed E-state index contributed by atoms with van der Waals surface area (Å²) in [6.07, 6.45) is 4.37. The van der Waals surface area contributed by atoms with E-state index < -0.39 is 22.2 Å². The summed E-state index contributed by atoms with van der Waals surface area (Å²) in [6, 6.07) is 8.13. The molecule has 2 aromatic rings. The van der Waals surface area contributed by atoms with Crippen molar-refractivity contribution < 1.29 is 18.3 Å². The van der Waals surface area contributed by atoms with Crippen molar-refractivity contribution >= 4 is 28.0 Å². The number of nitrogens with one attached hydrogen (secondary N) is 3. The number of nitriles is 1. The molecule has 0 amide bonds. The first-order valence-corrected chi connectivity index (χ1v) is 11.4. The number of aromatic amines is 1. The number of H-pyrrole nitrogens is 1. The third-order valence-corrected chi connectivity index (χ3v) is 6.90. The number of nitrogen functional groups attached to an aromatic ring is 1. The zero-order valence-electron chi connectivity index (χ0n) is 16.9. The Morgan fingerprint density at radius 1 is 1.48 bits per heavy atom. The quantitative estimate of drug-likeness (QED) is 0.382. The minimum atomic E-state index is -1.51. The number of amidine groups is 1. The lowest BCUT2D eigenvalue weighted by molar-refractivity contribution is -0.354. The van der Waals surface area contributed by atoms with Crippen molar-refractivity contribution in [1.82, 2.24) is 4.98 Å². The molecular formula is C21H23FN5O3S+. The van der Waals surface area contributed by atoms with Crippen LogP contribution in [0.3, 0.4) is 0 Å². The molecular weight excluding hydrogens is 421 g/mol. The van der Waals surface area contributed by atoms with Gasteiger partial charge in [-0.1, -0.05) is 0 Å². The highest BCUT2D eigenvalue weighted by molar-refractivity contribution is 7.84. The second-order valence-electron chi connectivity index (χ2n) is 7.89. The maximum absolute atomic E-state index is 13.8. The SMILES string of the molecule is CS(=O)c1cc([NH+]=C(N)c2c(NC3CC34COCC[C@@H]4C#N)cc[nH]c2=O)ccc1F. The first-order chi connectivity index (χ1) is 14.9. The molecule has 1 aromatic heterocycles. The summed E-state index contributed by atoms with van der Waals surface area (Å²) < 4.78 is 31.2. The Bertz CT molecular complexity index is 1170. The molecule has 1 aliphatic carbocycles. The van der Waals surface area contributed by atoms with Crippen LogP contribution < -0.4 is 21.6 Å². The maximum Gasteiger partial charge on any atom is 0.285 e. The van der Waals surface area contributed by atoms with Crippen LogP contribution >= 0.6 is 0 Å². The molecule has 31 heavy (non-hydrogen) atoms. The molecule has 2 aliphatic rings. The Kier molecular flexibility index (Phi) is 5.64. The minimum Gasteiger partial charge on any atom is -0.381 e. The first kappa shape index (κ1) is 21.2. The summed E-state index contributed by atoms with van der Waals surface area (Å²) in [5.41, 5.74) is 6.70. The van der Waals surface area contributed by atoms with Crippen LogP contribution in [0.1, 0.15) is 18.4 Å². The monoisotopic (exact) mass is 444 g/mol. The molecule has 8 nitrogen and oxygen atoms in total. The van der Waals surface area contributed by atoms with Crippen molar-refractivity contribution in [1.29, 1.82) is 5.26 Å². The van der Waals surface area contributed by atoms with Gasteiger partial charge < -0.3 is 15.0 Å². The number of halogens is 1. The molecule has 1 saturated carbocycles. The third-order valence-electron chi connectivity index (χ3n) is 5.97. The first-order valence-electron chi connectivity index (χ1n) is 9.84. The minimum absolute atomic E-state index is 0.00858. The number of aromatic nitrogens is 1. The van der Waals surface area contributed by atoms with Gasteiger partial charge >= 0.3 is 0 Å². The fourth-order valence-corrected chi connectivity index (χ4v) is 4.81. The van der Waals surface area contributed by atoms with E-state index >= 15 is 0 Å². The van der Waals surface area contributed by atoms with Crippen molar-refractivity contribution in [3.8, 4) is 6.07 Å². The number of anilines is 1. The third kappa shape index (κ3) is 3.98. The molecule has 1 saturated heterocycles. The van der Waals surface area contributed by atoms with Crippen LogP contribution in [0.2, 0.25) is 0 Å². The Hall–Kier alpha value is -3.03. The number of nitrogens with two attached hydrogens (primary N) is 1. The van der Waals surface area contributed by atoms with Gasteiger partial charge in [-0.3, -0.25) is 14.7 Å².